The summed E-state index contributed by atoms with van der Waals surface area (Å²) in [6, 6.07) is 15.7. The van der Waals surface area contributed by atoms with E-state index in [1.54, 1.807) is 37.3 Å². The van der Waals surface area contributed by atoms with Crippen molar-refractivity contribution in [2.45, 2.75) is 6.92 Å². The molecule has 0 aliphatic heterocycles. The van der Waals surface area contributed by atoms with Crippen LogP contribution in [0.25, 0.3) is 6.08 Å². The van der Waals surface area contributed by atoms with Gasteiger partial charge in [-0.3, -0.25) is 4.79 Å². The number of ether oxygens (including phenoxy) is 2. The van der Waals surface area contributed by atoms with Crippen LogP contribution in [-0.2, 0) is 19.1 Å². The fourth-order valence-electron chi connectivity index (χ4n) is 2.08. The van der Waals surface area contributed by atoms with E-state index in [0.29, 0.717) is 5.69 Å². The molecule has 6 nitrogen and oxygen atoms in total. The lowest BCUT2D eigenvalue weighted by molar-refractivity contribution is -0.142. The van der Waals surface area contributed by atoms with Crippen LogP contribution in [0, 0.1) is 0 Å². The SMILES string of the molecule is CCOC(=O)c1ccccc1NC(=O)COC(=O)/C=C/c1ccccc1. The highest BCUT2D eigenvalue weighted by molar-refractivity contribution is 6.02. The van der Waals surface area contributed by atoms with E-state index >= 15 is 0 Å². The van der Waals surface area contributed by atoms with Crippen molar-refractivity contribution in [2.24, 2.45) is 0 Å². The van der Waals surface area contributed by atoms with E-state index in [1.165, 1.54) is 6.08 Å². The molecule has 26 heavy (non-hydrogen) atoms. The third-order valence-electron chi connectivity index (χ3n) is 3.25. The lowest BCUT2D eigenvalue weighted by Gasteiger charge is -2.10. The molecular formula is C20H19NO5. The van der Waals surface area contributed by atoms with Gasteiger partial charge in [-0.25, -0.2) is 9.59 Å². The van der Waals surface area contributed by atoms with Crippen molar-refractivity contribution in [2.75, 3.05) is 18.5 Å². The van der Waals surface area contributed by atoms with E-state index in [-0.39, 0.29) is 12.2 Å². The molecule has 0 fully saturated rings. The molecule has 0 aliphatic rings. The Hall–Kier alpha value is -3.41. The summed E-state index contributed by atoms with van der Waals surface area (Å²) in [5, 5.41) is 2.54. The maximum absolute atomic E-state index is 12.0. The van der Waals surface area contributed by atoms with Gasteiger partial charge >= 0.3 is 11.9 Å². The number of amides is 1. The lowest BCUT2D eigenvalue weighted by atomic mass is 10.2. The molecule has 0 saturated carbocycles. The first kappa shape index (κ1) is 18.9. The number of anilines is 1. The Bertz CT molecular complexity index is 799. The molecule has 0 radical (unpaired) electrons. The van der Waals surface area contributed by atoms with Crippen LogP contribution in [-0.4, -0.2) is 31.1 Å². The molecule has 1 amide bonds. The summed E-state index contributed by atoms with van der Waals surface area (Å²) in [6.45, 7) is 1.46. The van der Waals surface area contributed by atoms with Gasteiger partial charge in [-0.1, -0.05) is 42.5 Å². The highest BCUT2D eigenvalue weighted by atomic mass is 16.5. The standard InChI is InChI=1S/C20H19NO5/c1-2-25-20(24)16-10-6-7-11-17(16)21-18(22)14-26-19(23)13-12-15-8-4-3-5-9-15/h3-13H,2,14H2,1H3,(H,21,22)/b13-12+. The summed E-state index contributed by atoms with van der Waals surface area (Å²) in [5.41, 5.74) is 1.38. The van der Waals surface area contributed by atoms with Gasteiger partial charge in [-0.2, -0.15) is 0 Å². The largest absolute Gasteiger partial charge is 0.462 e. The first-order valence-electron chi connectivity index (χ1n) is 8.06. The smallest absolute Gasteiger partial charge is 0.340 e. The normalized spacial score (nSPS) is 10.3. The maximum atomic E-state index is 12.0. The van der Waals surface area contributed by atoms with Crippen LogP contribution in [0.2, 0.25) is 0 Å². The number of esters is 2. The summed E-state index contributed by atoms with van der Waals surface area (Å²) < 4.78 is 9.83. The minimum absolute atomic E-state index is 0.229. The fourth-order valence-corrected chi connectivity index (χ4v) is 2.08. The molecule has 0 atom stereocenters. The molecule has 0 aromatic heterocycles. The zero-order chi connectivity index (χ0) is 18.8. The number of carbonyl (C=O) groups excluding carboxylic acids is 3. The highest BCUT2D eigenvalue weighted by Crippen LogP contribution is 2.16. The van der Waals surface area contributed by atoms with Crippen LogP contribution >= 0.6 is 0 Å². The predicted octanol–water partition coefficient (Wildman–Crippen LogP) is 3.06. The molecule has 2 rings (SSSR count). The van der Waals surface area contributed by atoms with Gasteiger partial charge in [0.15, 0.2) is 6.61 Å². The number of nitrogens with one attached hydrogen (secondary N) is 1. The Labute approximate surface area is 151 Å². The van der Waals surface area contributed by atoms with Crippen molar-refractivity contribution in [1.82, 2.24) is 0 Å². The molecule has 0 saturated heterocycles. The zero-order valence-electron chi connectivity index (χ0n) is 14.3. The summed E-state index contributed by atoms with van der Waals surface area (Å²) in [5.74, 6) is -1.72. The number of para-hydroxylation sites is 1. The van der Waals surface area contributed by atoms with E-state index in [9.17, 15) is 14.4 Å². The number of hydrogen-bond donors (Lipinski definition) is 1. The van der Waals surface area contributed by atoms with E-state index in [2.05, 4.69) is 5.32 Å². The summed E-state index contributed by atoms with van der Waals surface area (Å²) >= 11 is 0. The van der Waals surface area contributed by atoms with E-state index in [4.69, 9.17) is 9.47 Å². The number of hydrogen-bond acceptors (Lipinski definition) is 5. The quantitative estimate of drug-likeness (QED) is 0.611. The van der Waals surface area contributed by atoms with Crippen molar-refractivity contribution < 1.29 is 23.9 Å². The first-order valence-corrected chi connectivity index (χ1v) is 8.06. The Morgan fingerprint density at radius 2 is 1.65 bits per heavy atom. The minimum atomic E-state index is -0.636. The van der Waals surface area contributed by atoms with Gasteiger partial charge in [-0.05, 0) is 30.7 Å². The van der Waals surface area contributed by atoms with Gasteiger partial charge in [0, 0.05) is 6.08 Å². The molecule has 6 heteroatoms. The number of rotatable bonds is 7. The Kier molecular flexibility index (Phi) is 7.12. The number of benzene rings is 2. The van der Waals surface area contributed by atoms with Gasteiger partial charge in [0.1, 0.15) is 0 Å². The van der Waals surface area contributed by atoms with Crippen LogP contribution in [0.5, 0.6) is 0 Å². The molecule has 134 valence electrons. The van der Waals surface area contributed by atoms with Crippen molar-refractivity contribution in [3.05, 3.63) is 71.8 Å². The van der Waals surface area contributed by atoms with Crippen molar-refractivity contribution in [1.29, 1.82) is 0 Å². The van der Waals surface area contributed by atoms with Crippen LogP contribution < -0.4 is 5.32 Å². The number of carbonyl (C=O) groups is 3. The Morgan fingerprint density at radius 1 is 0.962 bits per heavy atom. The van der Waals surface area contributed by atoms with Gasteiger partial charge in [0.05, 0.1) is 17.9 Å². The molecule has 2 aromatic carbocycles. The molecule has 0 heterocycles. The Morgan fingerprint density at radius 3 is 2.38 bits per heavy atom. The molecule has 0 bridgehead atoms. The molecular weight excluding hydrogens is 334 g/mol. The lowest BCUT2D eigenvalue weighted by Crippen LogP contribution is -2.21. The average Bonchev–Trinajstić information content (AvgIpc) is 2.66. The van der Waals surface area contributed by atoms with Crippen LogP contribution in [0.3, 0.4) is 0 Å². The molecule has 0 spiro atoms. The predicted molar refractivity (Wildman–Crippen MR) is 97.5 cm³/mol. The first-order chi connectivity index (χ1) is 12.6. The zero-order valence-corrected chi connectivity index (χ0v) is 14.3. The monoisotopic (exact) mass is 353 g/mol. The fraction of sp³-hybridized carbons (Fsp3) is 0.150. The average molecular weight is 353 g/mol. The topological polar surface area (TPSA) is 81.7 Å². The second-order valence-electron chi connectivity index (χ2n) is 5.17. The minimum Gasteiger partial charge on any atom is -0.462 e. The van der Waals surface area contributed by atoms with Crippen molar-refractivity contribution in [3.8, 4) is 0 Å². The van der Waals surface area contributed by atoms with Crippen LogP contribution in [0.1, 0.15) is 22.8 Å². The van der Waals surface area contributed by atoms with Crippen molar-refractivity contribution >= 4 is 29.6 Å². The van der Waals surface area contributed by atoms with Crippen LogP contribution in [0.15, 0.2) is 60.7 Å². The third-order valence-corrected chi connectivity index (χ3v) is 3.25. The van der Waals surface area contributed by atoms with Gasteiger partial charge in [0.2, 0.25) is 0 Å². The van der Waals surface area contributed by atoms with E-state index in [1.807, 2.05) is 30.3 Å². The second kappa shape index (κ2) is 9.78. The molecule has 0 aliphatic carbocycles. The molecule has 1 N–H and O–H groups in total. The Balaban J connectivity index is 1.88. The maximum Gasteiger partial charge on any atom is 0.340 e. The molecule has 0 unspecified atom stereocenters. The summed E-state index contributed by atoms with van der Waals surface area (Å²) in [4.78, 5) is 35.5. The van der Waals surface area contributed by atoms with Crippen molar-refractivity contribution in [3.63, 3.8) is 0 Å². The second-order valence-corrected chi connectivity index (χ2v) is 5.17. The summed E-state index contributed by atoms with van der Waals surface area (Å²) in [7, 11) is 0. The third kappa shape index (κ3) is 5.90. The van der Waals surface area contributed by atoms with E-state index < -0.39 is 24.5 Å². The molecule has 2 aromatic rings. The van der Waals surface area contributed by atoms with Gasteiger partial charge in [-0.15, -0.1) is 0 Å². The highest BCUT2D eigenvalue weighted by Gasteiger charge is 2.14. The van der Waals surface area contributed by atoms with E-state index in [0.717, 1.165) is 5.56 Å². The van der Waals surface area contributed by atoms with Gasteiger partial charge in [0.25, 0.3) is 5.91 Å². The van der Waals surface area contributed by atoms with Gasteiger partial charge < -0.3 is 14.8 Å². The van der Waals surface area contributed by atoms with Crippen LogP contribution in [0.4, 0.5) is 5.69 Å². The summed E-state index contributed by atoms with van der Waals surface area (Å²) in [6.07, 6.45) is 2.84.